The summed E-state index contributed by atoms with van der Waals surface area (Å²) in [5.74, 6) is -1.32. The smallest absolute Gasteiger partial charge is 0.342 e. The molecule has 0 unspecified atom stereocenters. The van der Waals surface area contributed by atoms with Crippen molar-refractivity contribution in [3.05, 3.63) is 79.4 Å². The van der Waals surface area contributed by atoms with Crippen molar-refractivity contribution in [3.63, 3.8) is 0 Å². The van der Waals surface area contributed by atoms with Gasteiger partial charge in [0.05, 0.1) is 17.3 Å². The predicted octanol–water partition coefficient (Wildman–Crippen LogP) is 3.74. The third kappa shape index (κ3) is 3.56. The lowest BCUT2D eigenvalue weighted by Crippen LogP contribution is -2.24. The second kappa shape index (κ2) is 6.92. The first-order chi connectivity index (χ1) is 11.9. The quantitative estimate of drug-likeness (QED) is 0.679. The fraction of sp³-hybridized carbons (Fsp3) is 0.0625. The van der Waals surface area contributed by atoms with Crippen LogP contribution in [0.25, 0.3) is 5.69 Å². The number of nitrogens with zero attached hydrogens (tertiary/aromatic N) is 3. The molecule has 1 aromatic carbocycles. The average Bonchev–Trinajstić information content (AvgIpc) is 2.87. The predicted molar refractivity (Wildman–Crippen MR) is 95.4 cm³/mol. The molecule has 0 saturated heterocycles. The second-order valence-corrected chi connectivity index (χ2v) is 6.38. The largest absolute Gasteiger partial charge is 0.477 e. The third-order valence-corrected chi connectivity index (χ3v) is 4.22. The van der Waals surface area contributed by atoms with E-state index in [0.717, 1.165) is 5.56 Å². The molecule has 3 rings (SSSR count). The molecule has 9 heteroatoms. The molecule has 6 nitrogen and oxygen atoms in total. The molecule has 0 bridgehead atoms. The zero-order valence-electron chi connectivity index (χ0n) is 12.5. The van der Waals surface area contributed by atoms with E-state index < -0.39 is 11.5 Å². The molecular formula is C16H10Cl3N3O3. The minimum Gasteiger partial charge on any atom is -0.477 e. The fourth-order valence-electron chi connectivity index (χ4n) is 2.34. The molecule has 0 aliphatic rings. The second-order valence-electron chi connectivity index (χ2n) is 5.15. The van der Waals surface area contributed by atoms with Gasteiger partial charge in [0.1, 0.15) is 10.7 Å². The number of halogens is 3. The Morgan fingerprint density at radius 2 is 1.92 bits per heavy atom. The molecule has 0 aliphatic heterocycles. The Kier molecular flexibility index (Phi) is 4.85. The Bertz CT molecular complexity index is 1010. The standard InChI is InChI=1S/C16H10Cl3N3O3/c17-10-2-3-13(12(18)5-10)22-15(23)11(16(24)25)8-21(22)7-9-1-4-14(19)20-6-9/h1-6,8H,7H2,(H,24,25). The zero-order valence-corrected chi connectivity index (χ0v) is 14.8. The van der Waals surface area contributed by atoms with Crippen molar-refractivity contribution in [2.24, 2.45) is 0 Å². The molecule has 0 atom stereocenters. The number of carboxylic acid groups (broad SMARTS) is 1. The van der Waals surface area contributed by atoms with E-state index in [0.29, 0.717) is 15.9 Å². The summed E-state index contributed by atoms with van der Waals surface area (Å²) in [6, 6.07) is 7.93. The summed E-state index contributed by atoms with van der Waals surface area (Å²) >= 11 is 17.8. The monoisotopic (exact) mass is 397 g/mol. The maximum atomic E-state index is 12.5. The van der Waals surface area contributed by atoms with Crippen LogP contribution in [0, 0.1) is 0 Å². The first-order valence-corrected chi connectivity index (χ1v) is 8.12. The van der Waals surface area contributed by atoms with E-state index >= 15 is 0 Å². The lowest BCUT2D eigenvalue weighted by atomic mass is 10.3. The van der Waals surface area contributed by atoms with Gasteiger partial charge in [-0.05, 0) is 29.8 Å². The normalized spacial score (nSPS) is 10.8. The molecule has 25 heavy (non-hydrogen) atoms. The topological polar surface area (TPSA) is 77.1 Å². The summed E-state index contributed by atoms with van der Waals surface area (Å²) in [5, 5.41) is 10.2. The minimum absolute atomic E-state index is 0.200. The van der Waals surface area contributed by atoms with Crippen LogP contribution in [0.15, 0.2) is 47.5 Å². The van der Waals surface area contributed by atoms with Crippen LogP contribution in [0.4, 0.5) is 0 Å². The summed E-state index contributed by atoms with van der Waals surface area (Å²) < 4.78 is 2.64. The van der Waals surface area contributed by atoms with Gasteiger partial charge in [-0.2, -0.15) is 0 Å². The van der Waals surface area contributed by atoms with Gasteiger partial charge in [0.15, 0.2) is 0 Å². The van der Waals surface area contributed by atoms with E-state index in [1.807, 2.05) is 0 Å². The Morgan fingerprint density at radius 3 is 2.52 bits per heavy atom. The number of hydrogen-bond acceptors (Lipinski definition) is 3. The van der Waals surface area contributed by atoms with Gasteiger partial charge in [-0.1, -0.05) is 40.9 Å². The molecule has 2 aromatic heterocycles. The molecular weight excluding hydrogens is 389 g/mol. The molecule has 128 valence electrons. The van der Waals surface area contributed by atoms with E-state index in [-0.39, 0.29) is 17.1 Å². The van der Waals surface area contributed by atoms with Crippen molar-refractivity contribution in [2.45, 2.75) is 6.54 Å². The van der Waals surface area contributed by atoms with E-state index in [9.17, 15) is 14.7 Å². The van der Waals surface area contributed by atoms with Crippen molar-refractivity contribution in [1.82, 2.24) is 14.3 Å². The SMILES string of the molecule is O=C(O)c1cn(Cc2ccc(Cl)nc2)n(-c2ccc(Cl)cc2Cl)c1=O. The van der Waals surface area contributed by atoms with Crippen LogP contribution < -0.4 is 5.56 Å². The maximum Gasteiger partial charge on any atom is 0.342 e. The first-order valence-electron chi connectivity index (χ1n) is 6.98. The van der Waals surface area contributed by atoms with E-state index in [2.05, 4.69) is 4.98 Å². The van der Waals surface area contributed by atoms with E-state index in [4.69, 9.17) is 34.8 Å². The first kappa shape index (κ1) is 17.5. The number of hydrogen-bond donors (Lipinski definition) is 1. The fourth-order valence-corrected chi connectivity index (χ4v) is 2.94. The minimum atomic E-state index is -1.32. The lowest BCUT2D eigenvalue weighted by Gasteiger charge is -2.13. The van der Waals surface area contributed by atoms with Crippen LogP contribution in [0.1, 0.15) is 15.9 Å². The van der Waals surface area contributed by atoms with Gasteiger partial charge in [0.2, 0.25) is 0 Å². The molecule has 0 radical (unpaired) electrons. The lowest BCUT2D eigenvalue weighted by molar-refractivity contribution is 0.0695. The maximum absolute atomic E-state index is 12.5. The van der Waals surface area contributed by atoms with Crippen molar-refractivity contribution in [3.8, 4) is 5.69 Å². The Hall–Kier alpha value is -2.28. The van der Waals surface area contributed by atoms with Gasteiger partial charge in [0.25, 0.3) is 5.56 Å². The third-order valence-electron chi connectivity index (χ3n) is 3.46. The highest BCUT2D eigenvalue weighted by molar-refractivity contribution is 6.35. The summed E-state index contributed by atoms with van der Waals surface area (Å²) in [5.41, 5.74) is -0.00718. The molecule has 0 aliphatic carbocycles. The Balaban J connectivity index is 2.17. The van der Waals surface area contributed by atoms with E-state index in [1.165, 1.54) is 21.6 Å². The van der Waals surface area contributed by atoms with Gasteiger partial charge in [0, 0.05) is 17.4 Å². The number of aromatic carboxylic acids is 1. The molecule has 0 fully saturated rings. The number of benzene rings is 1. The highest BCUT2D eigenvalue weighted by Gasteiger charge is 2.20. The van der Waals surface area contributed by atoms with Crippen molar-refractivity contribution >= 4 is 40.8 Å². The molecule has 0 spiro atoms. The number of pyridine rings is 1. The van der Waals surface area contributed by atoms with Crippen LogP contribution in [0.3, 0.4) is 0 Å². The summed E-state index contributed by atoms with van der Waals surface area (Å²) in [7, 11) is 0. The Labute approximate surface area is 156 Å². The van der Waals surface area contributed by atoms with Gasteiger partial charge < -0.3 is 5.11 Å². The summed E-state index contributed by atoms with van der Waals surface area (Å²) in [6.45, 7) is 0.200. The molecule has 2 heterocycles. The van der Waals surface area contributed by atoms with Crippen LogP contribution in [-0.4, -0.2) is 25.4 Å². The van der Waals surface area contributed by atoms with Gasteiger partial charge >= 0.3 is 5.97 Å². The molecule has 0 amide bonds. The van der Waals surface area contributed by atoms with Gasteiger partial charge in [-0.3, -0.25) is 9.48 Å². The van der Waals surface area contributed by atoms with Crippen LogP contribution >= 0.6 is 34.8 Å². The van der Waals surface area contributed by atoms with E-state index in [1.54, 1.807) is 30.5 Å². The van der Waals surface area contributed by atoms with Crippen molar-refractivity contribution < 1.29 is 9.90 Å². The number of rotatable bonds is 4. The average molecular weight is 399 g/mol. The van der Waals surface area contributed by atoms with Crippen LogP contribution in [0.5, 0.6) is 0 Å². The van der Waals surface area contributed by atoms with Crippen LogP contribution in [-0.2, 0) is 6.54 Å². The number of carbonyl (C=O) groups is 1. The highest BCUT2D eigenvalue weighted by atomic mass is 35.5. The molecule has 0 saturated carbocycles. The summed E-state index contributed by atoms with van der Waals surface area (Å²) in [6.07, 6.45) is 2.80. The highest BCUT2D eigenvalue weighted by Crippen LogP contribution is 2.24. The van der Waals surface area contributed by atoms with Crippen LogP contribution in [0.2, 0.25) is 15.2 Å². The summed E-state index contributed by atoms with van der Waals surface area (Å²) in [4.78, 5) is 27.9. The molecule has 1 N–H and O–H groups in total. The number of aromatic nitrogens is 3. The zero-order chi connectivity index (χ0) is 18.1. The number of carboxylic acids is 1. The molecule has 3 aromatic rings. The Morgan fingerprint density at radius 1 is 1.16 bits per heavy atom. The van der Waals surface area contributed by atoms with Crippen molar-refractivity contribution in [2.75, 3.05) is 0 Å². The van der Waals surface area contributed by atoms with Crippen molar-refractivity contribution in [1.29, 1.82) is 0 Å². The van der Waals surface area contributed by atoms with Gasteiger partial charge in [-0.25, -0.2) is 14.5 Å². The van der Waals surface area contributed by atoms with Gasteiger partial charge in [-0.15, -0.1) is 0 Å².